The zero-order valence-electron chi connectivity index (χ0n) is 9.14. The maximum atomic E-state index is 12.0. The first-order chi connectivity index (χ1) is 7.40. The topological polar surface area (TPSA) is 51.0 Å². The second-order valence-corrected chi connectivity index (χ2v) is 3.59. The Labute approximate surface area is 91.2 Å². The molecule has 4 nitrogen and oxygen atoms in total. The van der Waals surface area contributed by atoms with Crippen LogP contribution in [0.2, 0.25) is 0 Å². The number of halogens is 3. The van der Waals surface area contributed by atoms with Crippen LogP contribution in [0.4, 0.5) is 13.2 Å². The lowest BCUT2D eigenvalue weighted by Crippen LogP contribution is -2.24. The SMILES string of the molecule is CCC(C)NCc1nc(CC(F)(F)F)no1. The fourth-order valence-corrected chi connectivity index (χ4v) is 1.02. The summed E-state index contributed by atoms with van der Waals surface area (Å²) in [6.45, 7) is 4.26. The van der Waals surface area contributed by atoms with Gasteiger partial charge in [0.25, 0.3) is 0 Å². The van der Waals surface area contributed by atoms with Gasteiger partial charge in [-0.1, -0.05) is 12.1 Å². The molecule has 0 bridgehead atoms. The maximum Gasteiger partial charge on any atom is 0.396 e. The van der Waals surface area contributed by atoms with Crippen molar-refractivity contribution in [1.29, 1.82) is 0 Å². The normalized spacial score (nSPS) is 14.1. The van der Waals surface area contributed by atoms with Gasteiger partial charge in [0.05, 0.1) is 6.54 Å². The van der Waals surface area contributed by atoms with Gasteiger partial charge in [-0.15, -0.1) is 0 Å². The highest BCUT2D eigenvalue weighted by atomic mass is 19.4. The predicted octanol–water partition coefficient (Wildman–Crippen LogP) is 2.06. The van der Waals surface area contributed by atoms with Crippen LogP contribution < -0.4 is 5.32 Å². The number of nitrogens with zero attached hydrogens (tertiary/aromatic N) is 2. The number of hydrogen-bond donors (Lipinski definition) is 1. The van der Waals surface area contributed by atoms with Gasteiger partial charge in [-0.2, -0.15) is 18.2 Å². The summed E-state index contributed by atoms with van der Waals surface area (Å²) in [6, 6.07) is 0.262. The molecule has 0 saturated carbocycles. The highest BCUT2D eigenvalue weighted by Crippen LogP contribution is 2.19. The average Bonchev–Trinajstić information content (AvgIpc) is 2.59. The van der Waals surface area contributed by atoms with Crippen LogP contribution in [0.5, 0.6) is 0 Å². The van der Waals surface area contributed by atoms with E-state index in [1.807, 2.05) is 13.8 Å². The summed E-state index contributed by atoms with van der Waals surface area (Å²) >= 11 is 0. The summed E-state index contributed by atoms with van der Waals surface area (Å²) in [5.41, 5.74) is 0. The minimum atomic E-state index is -4.30. The highest BCUT2D eigenvalue weighted by molar-refractivity contribution is 4.88. The number of alkyl halides is 3. The van der Waals surface area contributed by atoms with Gasteiger partial charge in [-0.05, 0) is 13.3 Å². The summed E-state index contributed by atoms with van der Waals surface area (Å²) in [4.78, 5) is 3.64. The molecule has 0 aliphatic rings. The first-order valence-electron chi connectivity index (χ1n) is 5.02. The Morgan fingerprint density at radius 2 is 2.12 bits per heavy atom. The van der Waals surface area contributed by atoms with Crippen LogP contribution >= 0.6 is 0 Å². The zero-order valence-corrected chi connectivity index (χ0v) is 9.14. The third kappa shape index (κ3) is 4.61. The molecule has 0 aliphatic carbocycles. The molecule has 0 saturated heterocycles. The van der Waals surface area contributed by atoms with E-state index in [4.69, 9.17) is 0 Å². The lowest BCUT2D eigenvalue weighted by Gasteiger charge is -2.07. The monoisotopic (exact) mass is 237 g/mol. The Morgan fingerprint density at radius 1 is 1.44 bits per heavy atom. The van der Waals surface area contributed by atoms with Crippen LogP contribution in [0.1, 0.15) is 32.0 Å². The van der Waals surface area contributed by atoms with Crippen molar-refractivity contribution in [2.24, 2.45) is 0 Å². The van der Waals surface area contributed by atoms with Crippen LogP contribution in [-0.2, 0) is 13.0 Å². The van der Waals surface area contributed by atoms with E-state index >= 15 is 0 Å². The number of aromatic nitrogens is 2. The molecule has 0 spiro atoms. The van der Waals surface area contributed by atoms with Gasteiger partial charge in [0, 0.05) is 6.04 Å². The summed E-state index contributed by atoms with van der Waals surface area (Å²) < 4.78 is 40.6. The van der Waals surface area contributed by atoms with Crippen molar-refractivity contribution in [3.05, 3.63) is 11.7 Å². The maximum absolute atomic E-state index is 12.0. The van der Waals surface area contributed by atoms with E-state index in [-0.39, 0.29) is 17.8 Å². The van der Waals surface area contributed by atoms with Gasteiger partial charge >= 0.3 is 6.18 Å². The second-order valence-electron chi connectivity index (χ2n) is 3.59. The van der Waals surface area contributed by atoms with Crippen molar-refractivity contribution in [3.8, 4) is 0 Å². The minimum Gasteiger partial charge on any atom is -0.338 e. The molecule has 1 N–H and O–H groups in total. The van der Waals surface area contributed by atoms with Crippen molar-refractivity contribution >= 4 is 0 Å². The minimum absolute atomic E-state index is 0.180. The molecule has 16 heavy (non-hydrogen) atoms. The summed E-state index contributed by atoms with van der Waals surface area (Å²) in [6.07, 6.45) is -4.53. The molecule has 0 fully saturated rings. The van der Waals surface area contributed by atoms with Crippen LogP contribution in [0, 0.1) is 0 Å². The van der Waals surface area contributed by atoms with E-state index in [1.54, 1.807) is 0 Å². The van der Waals surface area contributed by atoms with Crippen LogP contribution in [0.15, 0.2) is 4.52 Å². The molecular weight excluding hydrogens is 223 g/mol. The molecule has 0 amide bonds. The molecule has 1 rings (SSSR count). The highest BCUT2D eigenvalue weighted by Gasteiger charge is 2.30. The Balaban J connectivity index is 2.45. The molecule has 0 aliphatic heterocycles. The van der Waals surface area contributed by atoms with E-state index in [2.05, 4.69) is 20.0 Å². The standard InChI is InChI=1S/C9H14F3N3O/c1-3-6(2)13-5-8-14-7(15-16-8)4-9(10,11)12/h6,13H,3-5H2,1-2H3. The second kappa shape index (κ2) is 5.29. The first kappa shape index (κ1) is 13.0. The molecular formula is C9H14F3N3O. The molecule has 7 heteroatoms. The van der Waals surface area contributed by atoms with Crippen LogP contribution in [0.3, 0.4) is 0 Å². The molecule has 1 aromatic rings. The Hall–Kier alpha value is -1.11. The van der Waals surface area contributed by atoms with E-state index in [0.29, 0.717) is 6.54 Å². The number of rotatable bonds is 5. The molecule has 0 radical (unpaired) electrons. The van der Waals surface area contributed by atoms with E-state index in [9.17, 15) is 13.2 Å². The Morgan fingerprint density at radius 3 is 2.69 bits per heavy atom. The largest absolute Gasteiger partial charge is 0.396 e. The van der Waals surface area contributed by atoms with Gasteiger partial charge in [0.2, 0.25) is 5.89 Å². The lowest BCUT2D eigenvalue weighted by molar-refractivity contribution is -0.128. The number of nitrogens with one attached hydrogen (secondary N) is 1. The van der Waals surface area contributed by atoms with Gasteiger partial charge < -0.3 is 9.84 Å². The van der Waals surface area contributed by atoms with Gasteiger partial charge in [-0.3, -0.25) is 0 Å². The summed E-state index contributed by atoms with van der Waals surface area (Å²) in [7, 11) is 0. The van der Waals surface area contributed by atoms with Crippen molar-refractivity contribution in [1.82, 2.24) is 15.5 Å². The first-order valence-corrected chi connectivity index (χ1v) is 5.02. The molecule has 1 atom stereocenters. The van der Waals surface area contributed by atoms with Gasteiger partial charge in [-0.25, -0.2) is 0 Å². The average molecular weight is 237 g/mol. The van der Waals surface area contributed by atoms with Crippen molar-refractivity contribution in [2.75, 3.05) is 0 Å². The van der Waals surface area contributed by atoms with Crippen LogP contribution in [-0.4, -0.2) is 22.4 Å². The zero-order chi connectivity index (χ0) is 12.2. The fraction of sp³-hybridized carbons (Fsp3) is 0.778. The van der Waals surface area contributed by atoms with E-state index in [0.717, 1.165) is 6.42 Å². The quantitative estimate of drug-likeness (QED) is 0.851. The Bertz CT molecular complexity index is 324. The smallest absolute Gasteiger partial charge is 0.338 e. The molecule has 1 aromatic heterocycles. The third-order valence-electron chi connectivity index (χ3n) is 2.08. The van der Waals surface area contributed by atoms with Crippen molar-refractivity contribution in [2.45, 2.75) is 45.5 Å². The molecule has 0 aromatic carbocycles. The molecule has 92 valence electrons. The molecule has 1 unspecified atom stereocenters. The number of hydrogen-bond acceptors (Lipinski definition) is 4. The van der Waals surface area contributed by atoms with Crippen molar-refractivity contribution in [3.63, 3.8) is 0 Å². The van der Waals surface area contributed by atoms with Crippen LogP contribution in [0.25, 0.3) is 0 Å². The van der Waals surface area contributed by atoms with E-state index < -0.39 is 12.6 Å². The fourth-order valence-electron chi connectivity index (χ4n) is 1.02. The third-order valence-corrected chi connectivity index (χ3v) is 2.08. The van der Waals surface area contributed by atoms with Gasteiger partial charge in [0.15, 0.2) is 5.82 Å². The molecule has 1 heterocycles. The summed E-state index contributed by atoms with van der Waals surface area (Å²) in [5, 5.41) is 6.31. The van der Waals surface area contributed by atoms with E-state index in [1.165, 1.54) is 0 Å². The Kier molecular flexibility index (Phi) is 4.28. The van der Waals surface area contributed by atoms with Gasteiger partial charge in [0.1, 0.15) is 6.42 Å². The summed E-state index contributed by atoms with van der Waals surface area (Å²) in [5.74, 6) is -0.145. The lowest BCUT2D eigenvalue weighted by atomic mass is 10.3. The predicted molar refractivity (Wildman–Crippen MR) is 50.6 cm³/mol. The van der Waals surface area contributed by atoms with Crippen molar-refractivity contribution < 1.29 is 17.7 Å².